The molecule has 0 aliphatic carbocycles. The molecule has 106 valence electrons. The zero-order chi connectivity index (χ0) is 13.8. The molecule has 1 atom stereocenters. The number of ether oxygens (including phenoxy) is 1. The van der Waals surface area contributed by atoms with Crippen LogP contribution in [0, 0.1) is 0 Å². The largest absolute Gasteiger partial charge is 0.460 e. The van der Waals surface area contributed by atoms with E-state index in [-0.39, 0.29) is 11.6 Å². The van der Waals surface area contributed by atoms with Gasteiger partial charge in [-0.05, 0) is 54.3 Å². The lowest BCUT2D eigenvalue weighted by Gasteiger charge is -2.28. The molecular formula is C14H28N2O2. The normalized spacial score (nSPS) is 23.7. The Morgan fingerprint density at radius 1 is 1.33 bits per heavy atom. The van der Waals surface area contributed by atoms with Gasteiger partial charge >= 0.3 is 5.97 Å². The molecule has 0 radical (unpaired) electrons. The molecule has 0 aromatic rings. The predicted octanol–water partition coefficient (Wildman–Crippen LogP) is 1.74. The first-order valence-electron chi connectivity index (χ1n) is 6.92. The fourth-order valence-corrected chi connectivity index (χ4v) is 2.38. The molecular weight excluding hydrogens is 228 g/mol. The van der Waals surface area contributed by atoms with Gasteiger partial charge in [-0.2, -0.15) is 0 Å². The molecule has 1 saturated heterocycles. The van der Waals surface area contributed by atoms with Crippen LogP contribution in [0.1, 0.15) is 40.5 Å². The Hall–Kier alpha value is -0.610. The van der Waals surface area contributed by atoms with E-state index in [4.69, 9.17) is 4.74 Å². The van der Waals surface area contributed by atoms with Gasteiger partial charge in [-0.1, -0.05) is 0 Å². The Kier molecular flexibility index (Phi) is 5.60. The number of carbonyl (C=O) groups excluding carboxylic acids is 1. The van der Waals surface area contributed by atoms with E-state index in [0.29, 0.717) is 12.5 Å². The average molecular weight is 256 g/mol. The van der Waals surface area contributed by atoms with Crippen molar-refractivity contribution in [1.29, 1.82) is 0 Å². The first kappa shape index (κ1) is 15.4. The topological polar surface area (TPSA) is 32.8 Å². The number of carbonyl (C=O) groups is 1. The van der Waals surface area contributed by atoms with E-state index < -0.39 is 0 Å². The third-order valence-electron chi connectivity index (χ3n) is 3.21. The summed E-state index contributed by atoms with van der Waals surface area (Å²) in [5.41, 5.74) is -0.373. The number of nitrogens with zero attached hydrogens (tertiary/aromatic N) is 2. The molecule has 0 spiro atoms. The second-order valence-corrected chi connectivity index (χ2v) is 6.34. The molecule has 1 fully saturated rings. The van der Waals surface area contributed by atoms with Crippen LogP contribution >= 0.6 is 0 Å². The van der Waals surface area contributed by atoms with Gasteiger partial charge in [0.15, 0.2) is 0 Å². The molecule has 1 aliphatic heterocycles. The number of esters is 1. The molecule has 0 N–H and O–H groups in total. The average Bonchev–Trinajstić information content (AvgIpc) is 2.34. The van der Waals surface area contributed by atoms with Gasteiger partial charge in [0.25, 0.3) is 0 Å². The lowest BCUT2D eigenvalue weighted by atomic mass is 10.2. The minimum atomic E-state index is -0.373. The highest BCUT2D eigenvalue weighted by atomic mass is 16.6. The molecule has 1 rings (SSSR count). The molecule has 1 heterocycles. The van der Waals surface area contributed by atoms with E-state index in [0.717, 1.165) is 26.2 Å². The monoisotopic (exact) mass is 256 g/mol. The fourth-order valence-electron chi connectivity index (χ4n) is 2.38. The molecule has 0 aromatic heterocycles. The number of rotatable bonds is 3. The maximum atomic E-state index is 11.7. The lowest BCUT2D eigenvalue weighted by molar-refractivity contribution is -0.155. The SMILES string of the molecule is CC1CN(C)CCCN1CCC(=O)OC(C)(C)C. The Bertz CT molecular complexity index is 273. The van der Waals surface area contributed by atoms with Crippen LogP contribution in [-0.2, 0) is 9.53 Å². The maximum Gasteiger partial charge on any atom is 0.307 e. The second kappa shape index (κ2) is 6.53. The zero-order valence-electron chi connectivity index (χ0n) is 12.5. The van der Waals surface area contributed by atoms with Crippen molar-refractivity contribution >= 4 is 5.97 Å². The van der Waals surface area contributed by atoms with Crippen molar-refractivity contribution in [1.82, 2.24) is 9.80 Å². The van der Waals surface area contributed by atoms with Crippen LogP contribution in [0.15, 0.2) is 0 Å². The van der Waals surface area contributed by atoms with Crippen LogP contribution in [-0.4, -0.2) is 60.6 Å². The van der Waals surface area contributed by atoms with Gasteiger partial charge in [0, 0.05) is 19.1 Å². The van der Waals surface area contributed by atoms with Crippen molar-refractivity contribution in [3.63, 3.8) is 0 Å². The second-order valence-electron chi connectivity index (χ2n) is 6.34. The molecule has 1 unspecified atom stereocenters. The van der Waals surface area contributed by atoms with Crippen molar-refractivity contribution in [2.45, 2.75) is 52.2 Å². The van der Waals surface area contributed by atoms with Gasteiger partial charge in [-0.25, -0.2) is 0 Å². The van der Waals surface area contributed by atoms with Gasteiger partial charge < -0.3 is 9.64 Å². The van der Waals surface area contributed by atoms with Crippen LogP contribution in [0.25, 0.3) is 0 Å². The summed E-state index contributed by atoms with van der Waals surface area (Å²) in [6.45, 7) is 12.1. The molecule has 1 aliphatic rings. The van der Waals surface area contributed by atoms with Gasteiger partial charge in [-0.3, -0.25) is 9.69 Å². The van der Waals surface area contributed by atoms with E-state index >= 15 is 0 Å². The van der Waals surface area contributed by atoms with Gasteiger partial charge in [0.05, 0.1) is 6.42 Å². The first-order valence-corrected chi connectivity index (χ1v) is 6.92. The third kappa shape index (κ3) is 5.83. The van der Waals surface area contributed by atoms with Crippen LogP contribution in [0.3, 0.4) is 0 Å². The van der Waals surface area contributed by atoms with Crippen molar-refractivity contribution in [3.8, 4) is 0 Å². The summed E-state index contributed by atoms with van der Waals surface area (Å²) >= 11 is 0. The van der Waals surface area contributed by atoms with Crippen molar-refractivity contribution in [2.75, 3.05) is 33.2 Å². The molecule has 0 bridgehead atoms. The summed E-state index contributed by atoms with van der Waals surface area (Å²) in [6.07, 6.45) is 1.67. The Labute approximate surface area is 111 Å². The van der Waals surface area contributed by atoms with Crippen molar-refractivity contribution in [2.24, 2.45) is 0 Å². The molecule has 0 aromatic carbocycles. The van der Waals surface area contributed by atoms with E-state index in [1.54, 1.807) is 0 Å². The summed E-state index contributed by atoms with van der Waals surface area (Å²) in [4.78, 5) is 16.5. The number of hydrogen-bond donors (Lipinski definition) is 0. The summed E-state index contributed by atoms with van der Waals surface area (Å²) in [5, 5.41) is 0. The minimum Gasteiger partial charge on any atom is -0.460 e. The summed E-state index contributed by atoms with van der Waals surface area (Å²) in [6, 6.07) is 0.514. The van der Waals surface area contributed by atoms with Crippen molar-refractivity contribution in [3.05, 3.63) is 0 Å². The van der Waals surface area contributed by atoms with E-state index in [1.165, 1.54) is 6.42 Å². The maximum absolute atomic E-state index is 11.7. The van der Waals surface area contributed by atoms with E-state index in [2.05, 4.69) is 23.8 Å². The highest BCUT2D eigenvalue weighted by Gasteiger charge is 2.21. The highest BCUT2D eigenvalue weighted by Crippen LogP contribution is 2.11. The molecule has 0 saturated carbocycles. The third-order valence-corrected chi connectivity index (χ3v) is 3.21. The summed E-state index contributed by atoms with van der Waals surface area (Å²) < 4.78 is 5.34. The Balaban J connectivity index is 2.35. The van der Waals surface area contributed by atoms with Crippen molar-refractivity contribution < 1.29 is 9.53 Å². The smallest absolute Gasteiger partial charge is 0.307 e. The van der Waals surface area contributed by atoms with Gasteiger partial charge in [0.2, 0.25) is 0 Å². The van der Waals surface area contributed by atoms with E-state index in [9.17, 15) is 4.79 Å². The highest BCUT2D eigenvalue weighted by molar-refractivity contribution is 5.70. The van der Waals surface area contributed by atoms with Crippen LogP contribution in [0.5, 0.6) is 0 Å². The number of hydrogen-bond acceptors (Lipinski definition) is 4. The lowest BCUT2D eigenvalue weighted by Crippen LogP contribution is -2.39. The van der Waals surface area contributed by atoms with E-state index in [1.807, 2.05) is 20.8 Å². The number of likely N-dealkylation sites (N-methyl/N-ethyl adjacent to an activating group) is 1. The summed E-state index contributed by atoms with van der Waals surface area (Å²) in [5.74, 6) is -0.0905. The predicted molar refractivity (Wildman–Crippen MR) is 73.6 cm³/mol. The summed E-state index contributed by atoms with van der Waals surface area (Å²) in [7, 11) is 2.16. The van der Waals surface area contributed by atoms with Gasteiger partial charge in [0.1, 0.15) is 5.60 Å². The standard InChI is InChI=1S/C14H28N2O2/c1-12-11-15(5)8-6-9-16(12)10-7-13(17)18-14(2,3)4/h12H,6-11H2,1-5H3. The van der Waals surface area contributed by atoms with Crippen LogP contribution in [0.4, 0.5) is 0 Å². The van der Waals surface area contributed by atoms with Crippen LogP contribution < -0.4 is 0 Å². The first-order chi connectivity index (χ1) is 8.28. The fraction of sp³-hybridized carbons (Fsp3) is 0.929. The van der Waals surface area contributed by atoms with Gasteiger partial charge in [-0.15, -0.1) is 0 Å². The quantitative estimate of drug-likeness (QED) is 0.720. The molecule has 4 nitrogen and oxygen atoms in total. The molecule has 4 heteroatoms. The Morgan fingerprint density at radius 2 is 2.00 bits per heavy atom. The Morgan fingerprint density at radius 3 is 2.61 bits per heavy atom. The molecule has 18 heavy (non-hydrogen) atoms. The zero-order valence-corrected chi connectivity index (χ0v) is 12.5. The van der Waals surface area contributed by atoms with Crippen LogP contribution in [0.2, 0.25) is 0 Å². The minimum absolute atomic E-state index is 0.0905. The molecule has 0 amide bonds.